The second kappa shape index (κ2) is 5.54. The van der Waals surface area contributed by atoms with E-state index in [1.807, 2.05) is 18.9 Å². The van der Waals surface area contributed by atoms with Crippen molar-refractivity contribution in [3.63, 3.8) is 0 Å². The molecule has 1 aliphatic heterocycles. The van der Waals surface area contributed by atoms with E-state index in [1.54, 1.807) is 12.2 Å². The smallest absolute Gasteiger partial charge is 0.119 e. The van der Waals surface area contributed by atoms with Crippen molar-refractivity contribution in [3.8, 4) is 0 Å². The van der Waals surface area contributed by atoms with Gasteiger partial charge in [0.05, 0.1) is 0 Å². The SMILES string of the molecule is C=C1/C=C\C(F)=C/C/C(C)=C\CCN1C. The number of hydrogen-bond donors (Lipinski definition) is 0. The maximum absolute atomic E-state index is 13.2. The first-order chi connectivity index (χ1) is 7.09. The third-order valence-electron chi connectivity index (χ3n) is 2.50. The van der Waals surface area contributed by atoms with Crippen LogP contribution in [0.4, 0.5) is 4.39 Å². The van der Waals surface area contributed by atoms with E-state index in [1.165, 1.54) is 11.6 Å². The first kappa shape index (κ1) is 11.8. The number of nitrogens with zero attached hydrogens (tertiary/aromatic N) is 1. The number of likely N-dealkylation sites (N-methyl/N-ethyl adjacent to an activating group) is 1. The summed E-state index contributed by atoms with van der Waals surface area (Å²) in [7, 11) is 1.97. The molecular formula is C13H18FN. The van der Waals surface area contributed by atoms with Crippen LogP contribution in [0.25, 0.3) is 0 Å². The van der Waals surface area contributed by atoms with Crippen LogP contribution in [0.5, 0.6) is 0 Å². The molecule has 0 aromatic heterocycles. The summed E-state index contributed by atoms with van der Waals surface area (Å²) in [6.45, 7) is 6.82. The Morgan fingerprint density at radius 2 is 2.07 bits per heavy atom. The second-order valence-corrected chi connectivity index (χ2v) is 3.88. The van der Waals surface area contributed by atoms with Crippen LogP contribution in [-0.2, 0) is 0 Å². The molecule has 0 radical (unpaired) electrons. The molecule has 0 aromatic rings. The van der Waals surface area contributed by atoms with Gasteiger partial charge in [-0.05, 0) is 38.0 Å². The van der Waals surface area contributed by atoms with Crippen LogP contribution >= 0.6 is 0 Å². The monoisotopic (exact) mass is 207 g/mol. The van der Waals surface area contributed by atoms with Gasteiger partial charge >= 0.3 is 0 Å². The Bertz CT molecular complexity index is 323. The minimum Gasteiger partial charge on any atom is -0.375 e. The first-order valence-electron chi connectivity index (χ1n) is 5.19. The maximum Gasteiger partial charge on any atom is 0.119 e. The summed E-state index contributed by atoms with van der Waals surface area (Å²) in [5.41, 5.74) is 2.05. The highest BCUT2D eigenvalue weighted by atomic mass is 19.1. The van der Waals surface area contributed by atoms with Gasteiger partial charge in [0.15, 0.2) is 0 Å². The summed E-state index contributed by atoms with van der Waals surface area (Å²) in [6, 6.07) is 0. The molecule has 0 atom stereocenters. The van der Waals surface area contributed by atoms with Crippen LogP contribution in [0, 0.1) is 0 Å². The molecule has 0 N–H and O–H groups in total. The Morgan fingerprint density at radius 1 is 1.33 bits per heavy atom. The topological polar surface area (TPSA) is 3.24 Å². The summed E-state index contributed by atoms with van der Waals surface area (Å²) in [6.07, 6.45) is 8.60. The van der Waals surface area contributed by atoms with Crippen molar-refractivity contribution in [1.29, 1.82) is 0 Å². The first-order valence-corrected chi connectivity index (χ1v) is 5.19. The van der Waals surface area contributed by atoms with E-state index in [4.69, 9.17) is 0 Å². The predicted octanol–water partition coefficient (Wildman–Crippen LogP) is 3.58. The third kappa shape index (κ3) is 4.15. The zero-order valence-corrected chi connectivity index (χ0v) is 9.46. The zero-order valence-electron chi connectivity index (χ0n) is 9.46. The molecule has 2 heteroatoms. The molecule has 82 valence electrons. The van der Waals surface area contributed by atoms with Gasteiger partial charge in [-0.3, -0.25) is 0 Å². The molecule has 1 heterocycles. The van der Waals surface area contributed by atoms with Crippen LogP contribution in [0.3, 0.4) is 0 Å². The van der Waals surface area contributed by atoms with Crippen molar-refractivity contribution in [1.82, 2.24) is 4.90 Å². The fourth-order valence-electron chi connectivity index (χ4n) is 1.36. The summed E-state index contributed by atoms with van der Waals surface area (Å²) in [5, 5.41) is 0. The van der Waals surface area contributed by atoms with E-state index in [0.717, 1.165) is 18.7 Å². The summed E-state index contributed by atoms with van der Waals surface area (Å²) in [5.74, 6) is -0.195. The van der Waals surface area contributed by atoms with Gasteiger partial charge < -0.3 is 4.90 Å². The van der Waals surface area contributed by atoms with Crippen molar-refractivity contribution < 1.29 is 4.39 Å². The molecule has 0 saturated heterocycles. The van der Waals surface area contributed by atoms with Crippen molar-refractivity contribution in [2.75, 3.05) is 13.6 Å². The third-order valence-corrected chi connectivity index (χ3v) is 2.50. The molecule has 0 spiro atoms. The average Bonchev–Trinajstić information content (AvgIpc) is 2.23. The van der Waals surface area contributed by atoms with Gasteiger partial charge in [-0.1, -0.05) is 18.2 Å². The molecule has 0 aromatic carbocycles. The van der Waals surface area contributed by atoms with Gasteiger partial charge in [0.25, 0.3) is 0 Å². The lowest BCUT2D eigenvalue weighted by molar-refractivity contribution is 0.440. The van der Waals surface area contributed by atoms with Crippen molar-refractivity contribution in [2.45, 2.75) is 19.8 Å². The van der Waals surface area contributed by atoms with Crippen LogP contribution < -0.4 is 0 Å². The predicted molar refractivity (Wildman–Crippen MR) is 63.1 cm³/mol. The van der Waals surface area contributed by atoms with Gasteiger partial charge in [-0.2, -0.15) is 0 Å². The minimum absolute atomic E-state index is 0.195. The average molecular weight is 207 g/mol. The van der Waals surface area contributed by atoms with Crippen molar-refractivity contribution in [2.24, 2.45) is 0 Å². The molecule has 0 saturated carbocycles. The molecule has 0 amide bonds. The number of hydrogen-bond acceptors (Lipinski definition) is 1. The van der Waals surface area contributed by atoms with Crippen LogP contribution in [0.2, 0.25) is 0 Å². The Kier molecular flexibility index (Phi) is 4.35. The van der Waals surface area contributed by atoms with Gasteiger partial charge in [0.2, 0.25) is 0 Å². The Labute approximate surface area is 91.3 Å². The summed E-state index contributed by atoms with van der Waals surface area (Å²) < 4.78 is 13.2. The molecule has 1 nitrogen and oxygen atoms in total. The molecule has 15 heavy (non-hydrogen) atoms. The van der Waals surface area contributed by atoms with E-state index in [-0.39, 0.29) is 5.83 Å². The molecular weight excluding hydrogens is 189 g/mol. The number of halogens is 1. The van der Waals surface area contributed by atoms with E-state index in [2.05, 4.69) is 12.7 Å². The Morgan fingerprint density at radius 3 is 2.80 bits per heavy atom. The molecule has 0 bridgehead atoms. The van der Waals surface area contributed by atoms with Crippen LogP contribution in [0.1, 0.15) is 19.8 Å². The molecule has 1 aliphatic rings. The zero-order chi connectivity index (χ0) is 11.3. The Balaban J connectivity index is 2.83. The quantitative estimate of drug-likeness (QED) is 0.549. The van der Waals surface area contributed by atoms with Crippen molar-refractivity contribution in [3.05, 3.63) is 48.0 Å². The maximum atomic E-state index is 13.2. The molecule has 0 fully saturated rings. The lowest BCUT2D eigenvalue weighted by atomic mass is 10.1. The van der Waals surface area contributed by atoms with Crippen LogP contribution in [-0.4, -0.2) is 18.5 Å². The highest BCUT2D eigenvalue weighted by molar-refractivity contribution is 5.23. The minimum atomic E-state index is -0.195. The number of allylic oxidation sites excluding steroid dienone is 5. The van der Waals surface area contributed by atoms with Gasteiger partial charge in [0.1, 0.15) is 5.83 Å². The van der Waals surface area contributed by atoms with E-state index >= 15 is 0 Å². The second-order valence-electron chi connectivity index (χ2n) is 3.88. The standard InChI is InChI=1S/C13H18FN/c1-11-5-4-10-15(3)12(2)7-9-13(14)8-6-11/h5,7-9H,2,4,6,10H2,1,3H3/b9-7-,11-5-,13-8+. The number of rotatable bonds is 0. The fraction of sp³-hybridized carbons (Fsp3) is 0.385. The van der Waals surface area contributed by atoms with E-state index in [0.29, 0.717) is 6.42 Å². The molecule has 1 rings (SSSR count). The molecule has 0 unspecified atom stereocenters. The highest BCUT2D eigenvalue weighted by Gasteiger charge is 1.99. The van der Waals surface area contributed by atoms with Crippen LogP contribution in [0.15, 0.2) is 48.0 Å². The van der Waals surface area contributed by atoms with Gasteiger partial charge in [0, 0.05) is 19.3 Å². The molecule has 0 aliphatic carbocycles. The Hall–Kier alpha value is -1.31. The highest BCUT2D eigenvalue weighted by Crippen LogP contribution is 2.12. The van der Waals surface area contributed by atoms with Gasteiger partial charge in [-0.15, -0.1) is 0 Å². The lowest BCUT2D eigenvalue weighted by Gasteiger charge is -2.18. The van der Waals surface area contributed by atoms with E-state index < -0.39 is 0 Å². The van der Waals surface area contributed by atoms with E-state index in [9.17, 15) is 4.39 Å². The lowest BCUT2D eigenvalue weighted by Crippen LogP contribution is -2.16. The summed E-state index contributed by atoms with van der Waals surface area (Å²) >= 11 is 0. The normalized spacial score (nSPS) is 28.5. The van der Waals surface area contributed by atoms with Crippen molar-refractivity contribution >= 4 is 0 Å². The fourth-order valence-corrected chi connectivity index (χ4v) is 1.36. The largest absolute Gasteiger partial charge is 0.375 e. The summed E-state index contributed by atoms with van der Waals surface area (Å²) in [4.78, 5) is 2.03. The van der Waals surface area contributed by atoms with Gasteiger partial charge in [-0.25, -0.2) is 4.39 Å².